The van der Waals surface area contributed by atoms with Crippen LogP contribution >= 0.6 is 0 Å². The highest BCUT2D eigenvalue weighted by Crippen LogP contribution is 2.65. The molecule has 11 nitrogen and oxygen atoms in total. The van der Waals surface area contributed by atoms with Crippen molar-refractivity contribution in [1.29, 1.82) is 0 Å². The van der Waals surface area contributed by atoms with Crippen LogP contribution in [0.1, 0.15) is 73.6 Å². The number of aliphatic hydroxyl groups excluding tert-OH is 2. The normalized spacial score (nSPS) is 36.9. The van der Waals surface area contributed by atoms with E-state index in [4.69, 9.17) is 18.9 Å². The summed E-state index contributed by atoms with van der Waals surface area (Å²) in [5.41, 5.74) is -4.00. The average molecular weight is 569 g/mol. The first kappa shape index (κ1) is 32.0. The molecule has 2 saturated carbocycles. The number of aliphatic hydroxyl groups is 3. The fraction of sp³-hybridized carbons (Fsp3) is 0.793. The maximum atomic E-state index is 13.1. The van der Waals surface area contributed by atoms with Crippen LogP contribution in [0.2, 0.25) is 0 Å². The molecule has 3 aliphatic rings. The molecule has 1 heterocycles. The first-order valence-electron chi connectivity index (χ1n) is 14.0. The van der Waals surface area contributed by atoms with E-state index in [1.54, 1.807) is 6.92 Å². The maximum absolute atomic E-state index is 13.1. The predicted octanol–water partition coefficient (Wildman–Crippen LogP) is 1.84. The van der Waals surface area contributed by atoms with Gasteiger partial charge < -0.3 is 34.3 Å². The number of carbonyl (C=O) groups excluding carboxylic acids is 4. The Morgan fingerprint density at radius 1 is 1.18 bits per heavy atom. The van der Waals surface area contributed by atoms with E-state index in [1.807, 2.05) is 20.8 Å². The Bertz CT molecular complexity index is 1020. The van der Waals surface area contributed by atoms with Crippen molar-refractivity contribution in [1.82, 2.24) is 0 Å². The molecular formula is C29H44O11. The van der Waals surface area contributed by atoms with E-state index >= 15 is 0 Å². The van der Waals surface area contributed by atoms with Gasteiger partial charge in [-0.1, -0.05) is 27.7 Å². The summed E-state index contributed by atoms with van der Waals surface area (Å²) in [5, 5.41) is 35.3. The minimum absolute atomic E-state index is 0.00589. The zero-order valence-corrected chi connectivity index (χ0v) is 24.3. The number of hydrogen-bond donors (Lipinski definition) is 3. The zero-order valence-electron chi connectivity index (χ0n) is 24.3. The lowest BCUT2D eigenvalue weighted by molar-refractivity contribution is -0.304. The van der Waals surface area contributed by atoms with Crippen molar-refractivity contribution in [3.63, 3.8) is 0 Å². The third-order valence-corrected chi connectivity index (χ3v) is 9.70. The lowest BCUT2D eigenvalue weighted by Crippen LogP contribution is -2.74. The average Bonchev–Trinajstić information content (AvgIpc) is 3.32. The second-order valence-electron chi connectivity index (χ2n) is 12.1. The molecule has 226 valence electrons. The summed E-state index contributed by atoms with van der Waals surface area (Å²) in [5.74, 6) is -3.77. The van der Waals surface area contributed by atoms with Gasteiger partial charge in [-0.05, 0) is 43.4 Å². The molecule has 0 bridgehead atoms. The summed E-state index contributed by atoms with van der Waals surface area (Å²) in [6.45, 7) is 8.88. The van der Waals surface area contributed by atoms with Gasteiger partial charge in [0.1, 0.15) is 31.5 Å². The molecule has 1 aliphatic heterocycles. The van der Waals surface area contributed by atoms with Crippen LogP contribution in [0.5, 0.6) is 0 Å². The Hall–Kier alpha value is -2.50. The molecule has 2 fully saturated rings. The number of cyclic esters (lactones) is 1. The highest BCUT2D eigenvalue weighted by atomic mass is 16.6. The van der Waals surface area contributed by atoms with Gasteiger partial charge in [0, 0.05) is 31.4 Å². The Labute approximate surface area is 235 Å². The van der Waals surface area contributed by atoms with Gasteiger partial charge in [0.05, 0.1) is 23.5 Å². The van der Waals surface area contributed by atoms with Crippen molar-refractivity contribution in [2.45, 2.75) is 97.6 Å². The van der Waals surface area contributed by atoms with Gasteiger partial charge in [-0.15, -0.1) is 0 Å². The Kier molecular flexibility index (Phi) is 9.74. The van der Waals surface area contributed by atoms with Crippen LogP contribution in [-0.4, -0.2) is 82.9 Å². The van der Waals surface area contributed by atoms with Gasteiger partial charge in [0.2, 0.25) is 0 Å². The monoisotopic (exact) mass is 568 g/mol. The van der Waals surface area contributed by atoms with Crippen molar-refractivity contribution < 1.29 is 53.4 Å². The van der Waals surface area contributed by atoms with E-state index in [1.165, 1.54) is 19.9 Å². The quantitative estimate of drug-likeness (QED) is 0.260. The standard InChI is InChI=1S/C29H44O11/c1-7-16(2)26(35)40-22-8-9-28(36,14-38-18(4)30)29(15-39-19(5)31)23(33)10-17(3)27(6,25(22)29)12-21(32)20-11-24(34)37-13-20/h11,16-17,21-23,25,32-33,36H,7-10,12-15H2,1-6H3/t16-,17+,21-,22+,23-,25+,27-,28-,29+/m0/s1. The van der Waals surface area contributed by atoms with Crippen molar-refractivity contribution in [3.05, 3.63) is 11.6 Å². The third-order valence-electron chi connectivity index (χ3n) is 9.70. The fourth-order valence-electron chi connectivity index (χ4n) is 7.04. The van der Waals surface area contributed by atoms with Crippen LogP contribution in [0.4, 0.5) is 0 Å². The second-order valence-corrected chi connectivity index (χ2v) is 12.1. The van der Waals surface area contributed by atoms with Crippen LogP contribution in [0.25, 0.3) is 0 Å². The highest BCUT2D eigenvalue weighted by molar-refractivity contribution is 5.85. The van der Waals surface area contributed by atoms with Crippen molar-refractivity contribution in [2.75, 3.05) is 19.8 Å². The number of fused-ring (bicyclic) bond motifs is 1. The Morgan fingerprint density at radius 3 is 2.35 bits per heavy atom. The van der Waals surface area contributed by atoms with E-state index in [-0.39, 0.29) is 38.2 Å². The van der Waals surface area contributed by atoms with Gasteiger partial charge in [-0.2, -0.15) is 0 Å². The molecule has 3 rings (SSSR count). The van der Waals surface area contributed by atoms with E-state index in [0.717, 1.165) is 0 Å². The third kappa shape index (κ3) is 5.92. The Balaban J connectivity index is 2.20. The molecule has 0 aromatic rings. The SMILES string of the molecule is CC[C@H](C)C(=O)O[C@@H]1CC[C@](O)(COC(C)=O)[C@@]2(COC(C)=O)[C@H]1[C@@](C)(C[C@H](O)C1=CC(=O)OC1)[C@H](C)C[C@@H]2O. The van der Waals surface area contributed by atoms with Gasteiger partial charge in [-0.25, -0.2) is 4.79 Å². The van der Waals surface area contributed by atoms with Gasteiger partial charge in [-0.3, -0.25) is 14.4 Å². The molecule has 0 aromatic carbocycles. The largest absolute Gasteiger partial charge is 0.465 e. The molecule has 0 unspecified atom stereocenters. The van der Waals surface area contributed by atoms with Crippen LogP contribution in [0, 0.1) is 28.6 Å². The summed E-state index contributed by atoms with van der Waals surface area (Å²) in [4.78, 5) is 48.7. The molecule has 0 saturated heterocycles. The molecular weight excluding hydrogens is 524 g/mol. The Morgan fingerprint density at radius 2 is 1.80 bits per heavy atom. The number of esters is 4. The predicted molar refractivity (Wildman–Crippen MR) is 140 cm³/mol. The molecule has 40 heavy (non-hydrogen) atoms. The van der Waals surface area contributed by atoms with Crippen molar-refractivity contribution in [2.24, 2.45) is 28.6 Å². The molecule has 0 spiro atoms. The molecule has 3 N–H and O–H groups in total. The molecule has 0 radical (unpaired) electrons. The second kappa shape index (κ2) is 12.2. The zero-order chi connectivity index (χ0) is 30.0. The van der Waals surface area contributed by atoms with E-state index in [9.17, 15) is 34.5 Å². The summed E-state index contributed by atoms with van der Waals surface area (Å²) in [6.07, 6.45) is -0.951. The molecule has 11 heteroatoms. The van der Waals surface area contributed by atoms with Gasteiger partial charge in [0.15, 0.2) is 0 Å². The highest BCUT2D eigenvalue weighted by Gasteiger charge is 2.72. The van der Waals surface area contributed by atoms with E-state index < -0.39 is 83.7 Å². The number of rotatable bonds is 10. The first-order valence-corrected chi connectivity index (χ1v) is 14.0. The van der Waals surface area contributed by atoms with Crippen LogP contribution in [0.3, 0.4) is 0 Å². The van der Waals surface area contributed by atoms with Crippen molar-refractivity contribution >= 4 is 23.9 Å². The summed E-state index contributed by atoms with van der Waals surface area (Å²) in [7, 11) is 0. The lowest BCUT2D eigenvalue weighted by atomic mass is 9.41. The first-order chi connectivity index (χ1) is 18.6. The number of hydrogen-bond acceptors (Lipinski definition) is 11. The molecule has 0 amide bonds. The van der Waals surface area contributed by atoms with Crippen LogP contribution in [0.15, 0.2) is 11.6 Å². The van der Waals surface area contributed by atoms with Crippen molar-refractivity contribution in [3.8, 4) is 0 Å². The number of carbonyl (C=O) groups is 4. The van der Waals surface area contributed by atoms with Gasteiger partial charge in [0.25, 0.3) is 0 Å². The summed E-state index contributed by atoms with van der Waals surface area (Å²) < 4.78 is 21.9. The maximum Gasteiger partial charge on any atom is 0.331 e. The molecule has 2 aliphatic carbocycles. The topological polar surface area (TPSA) is 166 Å². The number of ether oxygens (including phenoxy) is 4. The van der Waals surface area contributed by atoms with E-state index in [2.05, 4.69) is 0 Å². The van der Waals surface area contributed by atoms with Crippen LogP contribution < -0.4 is 0 Å². The van der Waals surface area contributed by atoms with E-state index in [0.29, 0.717) is 12.0 Å². The van der Waals surface area contributed by atoms with Crippen LogP contribution in [-0.2, 0) is 38.1 Å². The minimum Gasteiger partial charge on any atom is -0.465 e. The minimum atomic E-state index is -1.85. The smallest absolute Gasteiger partial charge is 0.331 e. The molecule has 9 atom stereocenters. The molecule has 0 aromatic heterocycles. The fourth-order valence-corrected chi connectivity index (χ4v) is 7.04. The summed E-state index contributed by atoms with van der Waals surface area (Å²) in [6, 6.07) is 0. The summed E-state index contributed by atoms with van der Waals surface area (Å²) >= 11 is 0. The lowest BCUT2D eigenvalue weighted by Gasteiger charge is -2.66. The van der Waals surface area contributed by atoms with Gasteiger partial charge >= 0.3 is 23.9 Å².